The molecule has 1 aliphatic rings. The van der Waals surface area contributed by atoms with Crippen LogP contribution in [0.15, 0.2) is 18.2 Å². The quantitative estimate of drug-likeness (QED) is 0.860. The Morgan fingerprint density at radius 1 is 1.61 bits per heavy atom. The first-order valence-electron chi connectivity index (χ1n) is 5.84. The van der Waals surface area contributed by atoms with Gasteiger partial charge >= 0.3 is 5.97 Å². The lowest BCUT2D eigenvalue weighted by molar-refractivity contribution is -0.141. The van der Waals surface area contributed by atoms with Crippen LogP contribution in [0.2, 0.25) is 0 Å². The Balaban J connectivity index is 2.17. The van der Waals surface area contributed by atoms with Crippen LogP contribution in [0.5, 0.6) is 5.75 Å². The molecule has 1 aromatic rings. The maximum atomic E-state index is 12.9. The highest BCUT2D eigenvalue weighted by Crippen LogP contribution is 2.30. The zero-order chi connectivity index (χ0) is 13.1. The number of carbonyl (C=O) groups is 1. The summed E-state index contributed by atoms with van der Waals surface area (Å²) in [5.74, 6) is -0.635. The minimum absolute atomic E-state index is 0.0256. The van der Waals surface area contributed by atoms with Crippen LogP contribution in [0.4, 0.5) is 4.39 Å². The molecule has 2 N–H and O–H groups in total. The fraction of sp³-hybridized carbons (Fsp3) is 0.462. The molecule has 2 unspecified atom stereocenters. The molecule has 2 atom stereocenters. The van der Waals surface area contributed by atoms with E-state index in [1.165, 1.54) is 7.11 Å². The number of alkyl halides is 1. The molecule has 1 fully saturated rings. The average Bonchev–Trinajstić information content (AvgIpc) is 2.87. The smallest absolute Gasteiger partial charge is 0.307 e. The van der Waals surface area contributed by atoms with Crippen LogP contribution in [0.3, 0.4) is 0 Å². The summed E-state index contributed by atoms with van der Waals surface area (Å²) in [5.41, 5.74) is 1.41. The minimum Gasteiger partial charge on any atom is -0.496 e. The van der Waals surface area contributed by atoms with Crippen molar-refractivity contribution in [2.24, 2.45) is 5.92 Å². The molecule has 5 heteroatoms. The zero-order valence-corrected chi connectivity index (χ0v) is 10.1. The number of hydrogen-bond donors (Lipinski definition) is 2. The van der Waals surface area contributed by atoms with Gasteiger partial charge in [-0.15, -0.1) is 0 Å². The summed E-state index contributed by atoms with van der Waals surface area (Å²) in [4.78, 5) is 10.9. The van der Waals surface area contributed by atoms with Crippen LogP contribution >= 0.6 is 0 Å². The maximum Gasteiger partial charge on any atom is 0.307 e. The molecule has 0 saturated carbocycles. The van der Waals surface area contributed by atoms with Gasteiger partial charge in [-0.2, -0.15) is 0 Å². The van der Waals surface area contributed by atoms with Gasteiger partial charge in [-0.25, -0.2) is 4.39 Å². The molecular formula is C13H16FNO3. The van der Waals surface area contributed by atoms with Crippen molar-refractivity contribution >= 4 is 5.97 Å². The molecule has 0 radical (unpaired) electrons. The molecule has 1 aliphatic heterocycles. The van der Waals surface area contributed by atoms with Gasteiger partial charge < -0.3 is 15.2 Å². The van der Waals surface area contributed by atoms with Gasteiger partial charge in [0.15, 0.2) is 0 Å². The van der Waals surface area contributed by atoms with E-state index in [0.717, 1.165) is 5.56 Å². The Morgan fingerprint density at radius 2 is 2.39 bits per heavy atom. The van der Waals surface area contributed by atoms with Gasteiger partial charge in [0, 0.05) is 18.2 Å². The second kappa shape index (κ2) is 5.35. The van der Waals surface area contributed by atoms with Gasteiger partial charge in [0.2, 0.25) is 0 Å². The van der Waals surface area contributed by atoms with Gasteiger partial charge in [-0.1, -0.05) is 6.07 Å². The lowest BCUT2D eigenvalue weighted by Gasteiger charge is -2.13. The van der Waals surface area contributed by atoms with Crippen molar-refractivity contribution in [3.05, 3.63) is 29.3 Å². The van der Waals surface area contributed by atoms with E-state index >= 15 is 0 Å². The normalized spacial score (nSPS) is 23.0. The van der Waals surface area contributed by atoms with Crippen molar-refractivity contribution in [1.82, 2.24) is 5.32 Å². The Kier molecular flexibility index (Phi) is 3.81. The van der Waals surface area contributed by atoms with Gasteiger partial charge in [-0.05, 0) is 24.1 Å². The van der Waals surface area contributed by atoms with Gasteiger partial charge in [0.25, 0.3) is 0 Å². The van der Waals surface area contributed by atoms with Gasteiger partial charge in [-0.3, -0.25) is 4.79 Å². The Morgan fingerprint density at radius 3 is 2.94 bits per heavy atom. The minimum atomic E-state index is -0.788. The lowest BCUT2D eigenvalue weighted by atomic mass is 9.98. The predicted octanol–water partition coefficient (Wildman–Crippen LogP) is 1.90. The van der Waals surface area contributed by atoms with E-state index in [1.54, 1.807) is 12.1 Å². The fourth-order valence-corrected chi connectivity index (χ4v) is 2.30. The number of ether oxygens (including phenoxy) is 1. The number of methoxy groups -OCH3 is 1. The van der Waals surface area contributed by atoms with Crippen molar-refractivity contribution in [1.29, 1.82) is 0 Å². The van der Waals surface area contributed by atoms with Crippen molar-refractivity contribution in [2.45, 2.75) is 19.1 Å². The van der Waals surface area contributed by atoms with Crippen LogP contribution in [-0.2, 0) is 11.5 Å². The molecule has 2 rings (SSSR count). The van der Waals surface area contributed by atoms with E-state index < -0.39 is 12.6 Å². The first kappa shape index (κ1) is 12.8. The van der Waals surface area contributed by atoms with Crippen LogP contribution in [-0.4, -0.2) is 24.7 Å². The number of rotatable bonds is 4. The van der Waals surface area contributed by atoms with E-state index in [1.807, 2.05) is 6.07 Å². The molecule has 4 nitrogen and oxygen atoms in total. The topological polar surface area (TPSA) is 58.6 Å². The SMILES string of the molecule is COc1ccc(C2CC(C(=O)O)CN2)cc1CF. The number of nitrogens with one attached hydrogen (secondary N) is 1. The second-order valence-corrected chi connectivity index (χ2v) is 4.44. The molecular weight excluding hydrogens is 237 g/mol. The molecule has 0 bridgehead atoms. The summed E-state index contributed by atoms with van der Waals surface area (Å²) >= 11 is 0. The van der Waals surface area contributed by atoms with E-state index in [-0.39, 0.29) is 12.0 Å². The maximum absolute atomic E-state index is 12.9. The standard InChI is InChI=1S/C13H16FNO3/c1-18-12-3-2-8(4-9(12)6-14)11-5-10(7-15-11)13(16)17/h2-4,10-11,15H,5-7H2,1H3,(H,16,17). The highest BCUT2D eigenvalue weighted by atomic mass is 19.1. The number of aliphatic carboxylic acids is 1. The third-order valence-corrected chi connectivity index (χ3v) is 3.33. The Hall–Kier alpha value is -1.62. The number of halogens is 1. The van der Waals surface area contributed by atoms with Crippen LogP contribution < -0.4 is 10.1 Å². The average molecular weight is 253 g/mol. The second-order valence-electron chi connectivity index (χ2n) is 4.44. The summed E-state index contributed by atoms with van der Waals surface area (Å²) in [6, 6.07) is 5.28. The summed E-state index contributed by atoms with van der Waals surface area (Å²) in [6.07, 6.45) is 0.535. The number of hydrogen-bond acceptors (Lipinski definition) is 3. The highest BCUT2D eigenvalue weighted by molar-refractivity contribution is 5.70. The molecule has 1 aromatic carbocycles. The molecule has 0 spiro atoms. The summed E-state index contributed by atoms with van der Waals surface area (Å²) < 4.78 is 17.9. The van der Waals surface area contributed by atoms with Crippen LogP contribution in [0, 0.1) is 5.92 Å². The molecule has 18 heavy (non-hydrogen) atoms. The van der Waals surface area contributed by atoms with Crippen LogP contribution in [0.1, 0.15) is 23.6 Å². The molecule has 1 saturated heterocycles. The fourth-order valence-electron chi connectivity index (χ4n) is 2.30. The zero-order valence-electron chi connectivity index (χ0n) is 10.1. The monoisotopic (exact) mass is 253 g/mol. The number of carboxylic acids is 1. The molecule has 0 aliphatic carbocycles. The lowest BCUT2D eigenvalue weighted by Crippen LogP contribution is -2.17. The van der Waals surface area contributed by atoms with E-state index in [0.29, 0.717) is 24.3 Å². The van der Waals surface area contributed by atoms with Crippen molar-refractivity contribution in [3.63, 3.8) is 0 Å². The summed E-state index contributed by atoms with van der Waals surface area (Å²) in [5, 5.41) is 12.1. The summed E-state index contributed by atoms with van der Waals surface area (Å²) in [7, 11) is 1.50. The summed E-state index contributed by atoms with van der Waals surface area (Å²) in [6.45, 7) is -0.136. The Labute approximate surface area is 105 Å². The Bertz CT molecular complexity index is 450. The predicted molar refractivity (Wildman–Crippen MR) is 64.3 cm³/mol. The van der Waals surface area contributed by atoms with Gasteiger partial charge in [0.05, 0.1) is 13.0 Å². The highest BCUT2D eigenvalue weighted by Gasteiger charge is 2.30. The molecule has 1 heterocycles. The molecule has 0 aromatic heterocycles. The third-order valence-electron chi connectivity index (χ3n) is 3.33. The first-order valence-corrected chi connectivity index (χ1v) is 5.84. The first-order chi connectivity index (χ1) is 8.65. The van der Waals surface area contributed by atoms with E-state index in [4.69, 9.17) is 9.84 Å². The van der Waals surface area contributed by atoms with Gasteiger partial charge in [0.1, 0.15) is 12.4 Å². The largest absolute Gasteiger partial charge is 0.496 e. The van der Waals surface area contributed by atoms with E-state index in [2.05, 4.69) is 5.32 Å². The van der Waals surface area contributed by atoms with Crippen molar-refractivity contribution < 1.29 is 19.0 Å². The third kappa shape index (κ3) is 2.46. The van der Waals surface area contributed by atoms with Crippen molar-refractivity contribution in [3.8, 4) is 5.75 Å². The number of carboxylic acid groups (broad SMARTS) is 1. The van der Waals surface area contributed by atoms with Crippen LogP contribution in [0.25, 0.3) is 0 Å². The number of benzene rings is 1. The molecule has 0 amide bonds. The van der Waals surface area contributed by atoms with E-state index in [9.17, 15) is 9.18 Å². The molecule has 98 valence electrons. The van der Waals surface area contributed by atoms with Crippen molar-refractivity contribution in [2.75, 3.05) is 13.7 Å².